The largest absolute Gasteiger partial charge is 0.369 e. The summed E-state index contributed by atoms with van der Waals surface area (Å²) in [7, 11) is 0. The van der Waals surface area contributed by atoms with Gasteiger partial charge in [-0.15, -0.1) is 0 Å². The molecule has 6 atom stereocenters. The molecule has 1 saturated heterocycles. The van der Waals surface area contributed by atoms with Crippen molar-refractivity contribution in [2.75, 3.05) is 0 Å². The van der Waals surface area contributed by atoms with Gasteiger partial charge in [-0.05, 0) is 43.9 Å². The summed E-state index contributed by atoms with van der Waals surface area (Å²) in [5.74, 6) is 1.36. The van der Waals surface area contributed by atoms with Crippen LogP contribution in [0.5, 0.6) is 0 Å². The van der Waals surface area contributed by atoms with Crippen LogP contribution in [0.4, 0.5) is 0 Å². The van der Waals surface area contributed by atoms with Crippen LogP contribution in [0.1, 0.15) is 32.1 Å². The highest BCUT2D eigenvalue weighted by molar-refractivity contribution is 7.79. The van der Waals surface area contributed by atoms with Gasteiger partial charge in [-0.3, -0.25) is 0 Å². The topological polar surface area (TPSA) is 49.8 Å². The molecule has 1 aliphatic heterocycles. The van der Waals surface area contributed by atoms with Crippen LogP contribution in [0, 0.1) is 11.8 Å². The predicted octanol–water partition coefficient (Wildman–Crippen LogP) is 1.55. The summed E-state index contributed by atoms with van der Waals surface area (Å²) in [6, 6.07) is 0. The molecule has 3 rings (SSSR count). The molecule has 4 heteroatoms. The average Bonchev–Trinajstić information content (AvgIpc) is 2.95. The van der Waals surface area contributed by atoms with Gasteiger partial charge in [-0.25, -0.2) is 4.21 Å². The van der Waals surface area contributed by atoms with Gasteiger partial charge in [-0.2, -0.15) is 0 Å². The summed E-state index contributed by atoms with van der Waals surface area (Å²) >= 11 is -1.61. The van der Waals surface area contributed by atoms with Gasteiger partial charge in [-0.1, -0.05) is 0 Å². The van der Waals surface area contributed by atoms with Gasteiger partial charge < -0.3 is 9.29 Å². The molecule has 2 aliphatic carbocycles. The summed E-state index contributed by atoms with van der Waals surface area (Å²) in [4.78, 5) is 0. The number of rotatable bonds is 1. The molecule has 3 aliphatic rings. The van der Waals surface area contributed by atoms with Crippen molar-refractivity contribution >= 4 is 11.1 Å². The van der Waals surface area contributed by atoms with Crippen molar-refractivity contribution in [3.05, 3.63) is 0 Å². The fourth-order valence-corrected chi connectivity index (χ4v) is 4.09. The molecule has 0 amide bonds. The summed E-state index contributed by atoms with van der Waals surface area (Å²) in [5, 5.41) is 0.0338. The first kappa shape index (κ1) is 9.31. The normalized spacial score (nSPS) is 53.1. The molecule has 0 aromatic heterocycles. The molecule has 2 saturated carbocycles. The van der Waals surface area contributed by atoms with Crippen molar-refractivity contribution in [3.8, 4) is 0 Å². The quantitative estimate of drug-likeness (QED) is 0.534. The van der Waals surface area contributed by atoms with Crippen LogP contribution in [0.3, 0.4) is 0 Å². The summed E-state index contributed by atoms with van der Waals surface area (Å²) in [6.07, 6.45) is 6.41. The Morgan fingerprint density at radius 2 is 2.07 bits per heavy atom. The van der Waals surface area contributed by atoms with Crippen molar-refractivity contribution in [3.63, 3.8) is 0 Å². The number of ether oxygens (including phenoxy) is 1. The second kappa shape index (κ2) is 3.29. The van der Waals surface area contributed by atoms with Crippen LogP contribution in [0.25, 0.3) is 0 Å². The van der Waals surface area contributed by atoms with E-state index in [1.807, 2.05) is 0 Å². The van der Waals surface area contributed by atoms with Gasteiger partial charge in [0.1, 0.15) is 0 Å². The lowest BCUT2D eigenvalue weighted by Gasteiger charge is -2.36. The maximum absolute atomic E-state index is 11.0. The third kappa shape index (κ3) is 1.44. The van der Waals surface area contributed by atoms with E-state index in [1.54, 1.807) is 0 Å². The van der Waals surface area contributed by atoms with Gasteiger partial charge >= 0.3 is 0 Å². The molecule has 0 aromatic carbocycles. The van der Waals surface area contributed by atoms with Gasteiger partial charge in [0, 0.05) is 0 Å². The third-order valence-corrected chi connectivity index (χ3v) is 5.14. The van der Waals surface area contributed by atoms with Crippen LogP contribution in [-0.4, -0.2) is 26.2 Å². The van der Waals surface area contributed by atoms with Crippen LogP contribution in [0.2, 0.25) is 0 Å². The van der Waals surface area contributed by atoms with Crippen molar-refractivity contribution in [2.45, 2.75) is 49.6 Å². The first-order valence-electron chi connectivity index (χ1n) is 5.51. The fourth-order valence-electron chi connectivity index (χ4n) is 3.34. The summed E-state index contributed by atoms with van der Waals surface area (Å²) < 4.78 is 25.7. The van der Waals surface area contributed by atoms with E-state index in [-0.39, 0.29) is 5.25 Å². The SMILES string of the molecule is O=S(O)C1CCC2C(CCC3OC32)C1. The zero-order valence-corrected chi connectivity index (χ0v) is 8.91. The van der Waals surface area contributed by atoms with Gasteiger partial charge in [0.2, 0.25) is 0 Å². The first-order valence-corrected chi connectivity index (χ1v) is 6.68. The highest BCUT2D eigenvalue weighted by Crippen LogP contribution is 2.50. The monoisotopic (exact) mass is 216 g/mol. The molecule has 80 valence electrons. The van der Waals surface area contributed by atoms with Crippen molar-refractivity contribution < 1.29 is 13.5 Å². The second-order valence-corrected chi connectivity index (χ2v) is 6.07. The molecule has 3 fully saturated rings. The lowest BCUT2D eigenvalue weighted by atomic mass is 9.71. The van der Waals surface area contributed by atoms with E-state index in [4.69, 9.17) is 9.29 Å². The van der Waals surface area contributed by atoms with E-state index < -0.39 is 11.1 Å². The number of epoxide rings is 1. The van der Waals surface area contributed by atoms with Gasteiger partial charge in [0.25, 0.3) is 0 Å². The first-order chi connectivity index (χ1) is 6.75. The van der Waals surface area contributed by atoms with Crippen molar-refractivity contribution in [1.29, 1.82) is 0 Å². The number of fused-ring (bicyclic) bond motifs is 3. The Kier molecular flexibility index (Phi) is 2.18. The van der Waals surface area contributed by atoms with E-state index >= 15 is 0 Å². The molecule has 0 radical (unpaired) electrons. The van der Waals surface area contributed by atoms with E-state index in [0.29, 0.717) is 24.0 Å². The van der Waals surface area contributed by atoms with E-state index in [0.717, 1.165) is 19.3 Å². The molecule has 0 bridgehead atoms. The fraction of sp³-hybridized carbons (Fsp3) is 1.00. The highest BCUT2D eigenvalue weighted by Gasteiger charge is 2.52. The Morgan fingerprint density at radius 1 is 1.21 bits per heavy atom. The molecule has 3 nitrogen and oxygen atoms in total. The zero-order valence-electron chi connectivity index (χ0n) is 8.09. The molecular formula is C10H16O3S. The summed E-state index contributed by atoms with van der Waals surface area (Å²) in [5.41, 5.74) is 0. The Morgan fingerprint density at radius 3 is 2.86 bits per heavy atom. The maximum atomic E-state index is 11.0. The third-order valence-electron chi connectivity index (χ3n) is 4.14. The molecule has 6 unspecified atom stereocenters. The smallest absolute Gasteiger partial charge is 0.155 e. The molecule has 1 heterocycles. The predicted molar refractivity (Wildman–Crippen MR) is 53.3 cm³/mol. The van der Waals surface area contributed by atoms with Crippen LogP contribution < -0.4 is 0 Å². The standard InChI is InChI=1S/C10H16O3S/c11-14(12)7-2-3-8-6(5-7)1-4-9-10(8)13-9/h6-10H,1-5H2,(H,11,12). The van der Waals surface area contributed by atoms with Crippen LogP contribution >= 0.6 is 0 Å². The Balaban J connectivity index is 1.69. The molecule has 0 aromatic rings. The minimum absolute atomic E-state index is 0.0338. The minimum Gasteiger partial charge on any atom is -0.369 e. The lowest BCUT2D eigenvalue weighted by molar-refractivity contribution is 0.178. The molecule has 0 spiro atoms. The molecule has 14 heavy (non-hydrogen) atoms. The van der Waals surface area contributed by atoms with Crippen molar-refractivity contribution in [1.82, 2.24) is 0 Å². The average molecular weight is 216 g/mol. The van der Waals surface area contributed by atoms with Crippen LogP contribution in [0.15, 0.2) is 0 Å². The zero-order chi connectivity index (χ0) is 9.71. The molecule has 1 N–H and O–H groups in total. The summed E-state index contributed by atoms with van der Waals surface area (Å²) in [6.45, 7) is 0. The van der Waals surface area contributed by atoms with E-state index in [2.05, 4.69) is 0 Å². The van der Waals surface area contributed by atoms with Gasteiger partial charge in [0.15, 0.2) is 11.1 Å². The molecular weight excluding hydrogens is 200 g/mol. The maximum Gasteiger partial charge on any atom is 0.155 e. The Hall–Kier alpha value is 0.0700. The number of hydrogen-bond acceptors (Lipinski definition) is 2. The van der Waals surface area contributed by atoms with Crippen molar-refractivity contribution in [2.24, 2.45) is 11.8 Å². The Bertz CT molecular complexity index is 268. The van der Waals surface area contributed by atoms with E-state index in [1.165, 1.54) is 12.8 Å². The Labute approximate surface area is 86.5 Å². The number of hydrogen-bond donors (Lipinski definition) is 1. The van der Waals surface area contributed by atoms with E-state index in [9.17, 15) is 4.21 Å². The van der Waals surface area contributed by atoms with Gasteiger partial charge in [0.05, 0.1) is 17.5 Å². The minimum atomic E-state index is -1.61. The second-order valence-electron chi connectivity index (χ2n) is 4.85. The van der Waals surface area contributed by atoms with Crippen LogP contribution in [-0.2, 0) is 15.8 Å². The highest BCUT2D eigenvalue weighted by atomic mass is 32.2. The lowest BCUT2D eigenvalue weighted by Crippen LogP contribution is -2.36.